The minimum atomic E-state index is -0.729. The van der Waals surface area contributed by atoms with Crippen molar-refractivity contribution in [3.8, 4) is 5.75 Å². The molecule has 2 amide bonds. The number of aliphatic hydroxyl groups is 1. The number of hydrogen-bond acceptors (Lipinski definition) is 5. The molecule has 2 N–H and O–H groups in total. The van der Waals surface area contributed by atoms with E-state index >= 15 is 0 Å². The molecule has 1 aromatic heterocycles. The van der Waals surface area contributed by atoms with Gasteiger partial charge >= 0.3 is 0 Å². The van der Waals surface area contributed by atoms with Gasteiger partial charge in [0.1, 0.15) is 11.4 Å². The van der Waals surface area contributed by atoms with Gasteiger partial charge in [0.15, 0.2) is 5.69 Å². The summed E-state index contributed by atoms with van der Waals surface area (Å²) in [5.41, 5.74) is 2.65. The number of rotatable bonds is 6. The number of β-amino-alcohol motifs (C(OH)–C–C–N with tert-alkyl or cyclic N) is 1. The molecule has 0 saturated carbocycles. The fraction of sp³-hybridized carbons (Fsp3) is 0.450. The predicted octanol–water partition coefficient (Wildman–Crippen LogP) is 1.15. The molecule has 1 aliphatic rings. The Kier molecular flexibility index (Phi) is 5.99. The van der Waals surface area contributed by atoms with Crippen LogP contribution in [0.25, 0.3) is 0 Å². The lowest BCUT2D eigenvalue weighted by Gasteiger charge is -2.17. The Labute approximate surface area is 164 Å². The Hall–Kier alpha value is -2.87. The second kappa shape index (κ2) is 8.43. The number of nitrogens with one attached hydrogen (secondary N) is 1. The maximum atomic E-state index is 12.6. The molecule has 1 unspecified atom stereocenters. The number of aromatic nitrogens is 2. The lowest BCUT2D eigenvalue weighted by molar-refractivity contribution is 0.0779. The van der Waals surface area contributed by atoms with E-state index < -0.39 is 6.10 Å². The highest BCUT2D eigenvalue weighted by Crippen LogP contribution is 2.22. The Morgan fingerprint density at radius 1 is 1.39 bits per heavy atom. The van der Waals surface area contributed by atoms with Crippen molar-refractivity contribution in [1.82, 2.24) is 20.0 Å². The predicted molar refractivity (Wildman–Crippen MR) is 104 cm³/mol. The smallest absolute Gasteiger partial charge is 0.274 e. The molecule has 8 nitrogen and oxygen atoms in total. The third kappa shape index (κ3) is 4.33. The van der Waals surface area contributed by atoms with Gasteiger partial charge in [-0.1, -0.05) is 18.2 Å². The maximum Gasteiger partial charge on any atom is 0.274 e. The van der Waals surface area contributed by atoms with Gasteiger partial charge in [0, 0.05) is 26.2 Å². The Morgan fingerprint density at radius 3 is 2.82 bits per heavy atom. The van der Waals surface area contributed by atoms with Crippen LogP contribution in [0, 0.1) is 13.8 Å². The first kappa shape index (κ1) is 19.9. The van der Waals surface area contributed by atoms with Crippen molar-refractivity contribution in [2.24, 2.45) is 0 Å². The van der Waals surface area contributed by atoms with Crippen molar-refractivity contribution >= 4 is 11.8 Å². The lowest BCUT2D eigenvalue weighted by atomic mass is 10.1. The molecular weight excluding hydrogens is 360 g/mol. The van der Waals surface area contributed by atoms with Crippen LogP contribution in [-0.4, -0.2) is 64.4 Å². The first-order valence-electron chi connectivity index (χ1n) is 9.35. The molecule has 1 aliphatic heterocycles. The molecule has 0 spiro atoms. The number of hydrogen-bond donors (Lipinski definition) is 2. The normalized spacial score (nSPS) is 16.1. The minimum absolute atomic E-state index is 0.172. The van der Waals surface area contributed by atoms with E-state index in [9.17, 15) is 14.7 Å². The molecule has 0 fully saturated rings. The second-order valence-electron chi connectivity index (χ2n) is 7.11. The second-order valence-corrected chi connectivity index (χ2v) is 7.11. The highest BCUT2D eigenvalue weighted by Gasteiger charge is 2.25. The summed E-state index contributed by atoms with van der Waals surface area (Å²) in [6.45, 7) is 5.36. The number of aliphatic hydroxyl groups excluding tert-OH is 1. The summed E-state index contributed by atoms with van der Waals surface area (Å²) in [6.07, 6.45) is -0.0594. The Morgan fingerprint density at radius 2 is 2.11 bits per heavy atom. The van der Waals surface area contributed by atoms with E-state index in [1.54, 1.807) is 11.9 Å². The monoisotopic (exact) mass is 386 g/mol. The maximum absolute atomic E-state index is 12.6. The van der Waals surface area contributed by atoms with Crippen LogP contribution in [0.15, 0.2) is 24.3 Å². The van der Waals surface area contributed by atoms with Gasteiger partial charge in [-0.2, -0.15) is 5.10 Å². The lowest BCUT2D eigenvalue weighted by Crippen LogP contribution is -2.31. The zero-order chi connectivity index (χ0) is 20.3. The summed E-state index contributed by atoms with van der Waals surface area (Å²) in [4.78, 5) is 26.2. The van der Waals surface area contributed by atoms with Gasteiger partial charge in [-0.25, -0.2) is 0 Å². The molecule has 0 radical (unpaired) electrons. The summed E-state index contributed by atoms with van der Waals surface area (Å²) >= 11 is 0. The van der Waals surface area contributed by atoms with Crippen LogP contribution in [0.1, 0.15) is 38.5 Å². The van der Waals surface area contributed by atoms with Gasteiger partial charge in [-0.05, 0) is 31.4 Å². The number of nitrogens with zero attached hydrogens (tertiary/aromatic N) is 3. The molecule has 0 bridgehead atoms. The number of benzene rings is 1. The number of para-hydroxylation sites is 1. The van der Waals surface area contributed by atoms with E-state index in [1.807, 2.05) is 32.0 Å². The van der Waals surface area contributed by atoms with Gasteiger partial charge in [0.25, 0.3) is 11.8 Å². The molecule has 8 heteroatoms. The first-order valence-corrected chi connectivity index (χ1v) is 9.35. The quantitative estimate of drug-likeness (QED) is 0.726. The molecule has 2 aromatic rings. The third-order valence-corrected chi connectivity index (χ3v) is 4.75. The summed E-state index contributed by atoms with van der Waals surface area (Å²) in [6, 6.07) is 7.48. The molecule has 2 heterocycles. The van der Waals surface area contributed by atoms with Gasteiger partial charge < -0.3 is 20.1 Å². The molecule has 28 heavy (non-hydrogen) atoms. The van der Waals surface area contributed by atoms with Gasteiger partial charge in [-0.3, -0.25) is 14.3 Å². The number of aryl methyl sites for hydroxylation is 2. The minimum Gasteiger partial charge on any atom is -0.493 e. The average molecular weight is 386 g/mol. The molecule has 150 valence electrons. The van der Waals surface area contributed by atoms with Crippen molar-refractivity contribution in [3.05, 3.63) is 46.8 Å². The fourth-order valence-corrected chi connectivity index (χ4v) is 3.21. The van der Waals surface area contributed by atoms with E-state index in [0.29, 0.717) is 19.6 Å². The number of amides is 2. The van der Waals surface area contributed by atoms with Gasteiger partial charge in [0.05, 0.1) is 19.3 Å². The van der Waals surface area contributed by atoms with Crippen molar-refractivity contribution in [2.45, 2.75) is 32.9 Å². The summed E-state index contributed by atoms with van der Waals surface area (Å²) < 4.78 is 7.26. The molecule has 0 aliphatic carbocycles. The standard InChI is InChI=1S/C20H26N4O4/c1-13-6-4-7-14(2)18(13)28-9-5-8-23(3)20(27)16-10-17-19(26)21-11-15(25)12-24(17)22-16/h4,6-7,10,15,25H,5,8-9,11-12H2,1-3H3,(H,21,26). The van der Waals surface area contributed by atoms with Crippen LogP contribution in [-0.2, 0) is 6.54 Å². The summed E-state index contributed by atoms with van der Waals surface area (Å²) in [7, 11) is 1.70. The Balaban J connectivity index is 1.56. The molecule has 1 aromatic carbocycles. The highest BCUT2D eigenvalue weighted by atomic mass is 16.5. The summed E-state index contributed by atoms with van der Waals surface area (Å²) in [5.74, 6) is 0.279. The zero-order valence-electron chi connectivity index (χ0n) is 16.4. The van der Waals surface area contributed by atoms with Crippen LogP contribution in [0.3, 0.4) is 0 Å². The largest absolute Gasteiger partial charge is 0.493 e. The van der Waals surface area contributed by atoms with Crippen LogP contribution < -0.4 is 10.1 Å². The van der Waals surface area contributed by atoms with Crippen LogP contribution in [0.5, 0.6) is 5.75 Å². The van der Waals surface area contributed by atoms with E-state index in [0.717, 1.165) is 16.9 Å². The average Bonchev–Trinajstić information content (AvgIpc) is 3.02. The molecule has 0 saturated heterocycles. The first-order chi connectivity index (χ1) is 13.4. The van der Waals surface area contributed by atoms with E-state index in [2.05, 4.69) is 10.4 Å². The SMILES string of the molecule is Cc1cccc(C)c1OCCCN(C)C(=O)c1cc2n(n1)CC(O)CNC2=O. The van der Waals surface area contributed by atoms with Crippen molar-refractivity contribution in [1.29, 1.82) is 0 Å². The molecular formula is C20H26N4O4. The Bertz CT molecular complexity index is 857. The number of carbonyl (C=O) groups is 2. The zero-order valence-corrected chi connectivity index (χ0v) is 16.4. The molecule has 3 rings (SSSR count). The van der Waals surface area contributed by atoms with Crippen LogP contribution in [0.4, 0.5) is 0 Å². The van der Waals surface area contributed by atoms with Gasteiger partial charge in [-0.15, -0.1) is 0 Å². The van der Waals surface area contributed by atoms with E-state index in [-0.39, 0.29) is 36.3 Å². The van der Waals surface area contributed by atoms with Crippen LogP contribution in [0.2, 0.25) is 0 Å². The van der Waals surface area contributed by atoms with E-state index in [4.69, 9.17) is 4.74 Å². The van der Waals surface area contributed by atoms with Gasteiger partial charge in [0.2, 0.25) is 0 Å². The van der Waals surface area contributed by atoms with Crippen LogP contribution >= 0.6 is 0 Å². The highest BCUT2D eigenvalue weighted by molar-refractivity contribution is 5.98. The van der Waals surface area contributed by atoms with E-state index in [1.165, 1.54) is 10.7 Å². The number of fused-ring (bicyclic) bond motifs is 1. The van der Waals surface area contributed by atoms with Crippen molar-refractivity contribution < 1.29 is 19.4 Å². The number of ether oxygens (including phenoxy) is 1. The topological polar surface area (TPSA) is 96.7 Å². The third-order valence-electron chi connectivity index (χ3n) is 4.75. The summed E-state index contributed by atoms with van der Waals surface area (Å²) in [5, 5.41) is 16.6. The number of carbonyl (C=O) groups excluding carboxylic acids is 2. The van der Waals surface area contributed by atoms with Crippen molar-refractivity contribution in [2.75, 3.05) is 26.7 Å². The molecule has 1 atom stereocenters. The van der Waals surface area contributed by atoms with Crippen molar-refractivity contribution in [3.63, 3.8) is 0 Å². The fourth-order valence-electron chi connectivity index (χ4n) is 3.21.